The van der Waals surface area contributed by atoms with E-state index in [2.05, 4.69) is 29.8 Å². The van der Waals surface area contributed by atoms with Crippen LogP contribution in [0.5, 0.6) is 0 Å². The van der Waals surface area contributed by atoms with Gasteiger partial charge in [0.1, 0.15) is 0 Å². The summed E-state index contributed by atoms with van der Waals surface area (Å²) in [5.74, 6) is 0. The summed E-state index contributed by atoms with van der Waals surface area (Å²) in [6, 6.07) is 0. The quantitative estimate of drug-likeness (QED) is 0.258. The van der Waals surface area contributed by atoms with Crippen LogP contribution in [0.2, 0.25) is 0 Å². The zero-order valence-corrected chi connectivity index (χ0v) is 6.72. The molecule has 0 amide bonds. The van der Waals surface area contributed by atoms with E-state index in [4.69, 9.17) is 16.6 Å². The van der Waals surface area contributed by atoms with Crippen molar-refractivity contribution in [1.82, 2.24) is 0 Å². The predicted molar refractivity (Wildman–Crippen MR) is 41.2 cm³/mol. The molecule has 0 bridgehead atoms. The van der Waals surface area contributed by atoms with Gasteiger partial charge in [0, 0.05) is 0 Å². The van der Waals surface area contributed by atoms with Crippen molar-refractivity contribution in [2.75, 3.05) is 0 Å². The van der Waals surface area contributed by atoms with Crippen LogP contribution in [-0.2, 0) is 0 Å². The van der Waals surface area contributed by atoms with E-state index in [1.807, 2.05) is 0 Å². The van der Waals surface area contributed by atoms with Gasteiger partial charge in [0.25, 0.3) is 0 Å². The van der Waals surface area contributed by atoms with Gasteiger partial charge in [-0.3, -0.25) is 0 Å². The van der Waals surface area contributed by atoms with Gasteiger partial charge in [0.2, 0.25) is 0 Å². The summed E-state index contributed by atoms with van der Waals surface area (Å²) in [7, 11) is -1.35. The van der Waals surface area contributed by atoms with Crippen molar-refractivity contribution in [3.63, 3.8) is 0 Å². The molecule has 0 aromatic heterocycles. The van der Waals surface area contributed by atoms with Gasteiger partial charge < -0.3 is 2.85 Å². The number of azide groups is 1. The van der Waals surface area contributed by atoms with Crippen molar-refractivity contribution in [2.24, 2.45) is 15.1 Å². The average Bonchev–Trinajstić information content (AvgIpc) is 1.90. The molecular weight excluding hydrogens is 161 g/mol. The molecule has 0 saturated carbocycles. The van der Waals surface area contributed by atoms with Crippen LogP contribution in [0.1, 0.15) is 2.85 Å². The third-order valence-corrected chi connectivity index (χ3v) is 0.465. The van der Waals surface area contributed by atoms with Crippen molar-refractivity contribution in [3.8, 4) is 0 Å². The third kappa shape index (κ3) is 6.65. The Morgan fingerprint density at radius 3 is 1.36 bits per heavy atom. The first-order valence-electron chi connectivity index (χ1n) is 1.97. The van der Waals surface area contributed by atoms with Crippen LogP contribution in [-0.4, -0.2) is 30.2 Å². The fraction of sp³-hybridized carbons (Fsp3) is 0. The van der Waals surface area contributed by atoms with E-state index in [-0.39, 0.29) is 25.9 Å². The van der Waals surface area contributed by atoms with Gasteiger partial charge >= 0.3 is 30.2 Å². The second-order valence-electron chi connectivity index (χ2n) is 0.961. The molecule has 0 aliphatic heterocycles. The van der Waals surface area contributed by atoms with Crippen molar-refractivity contribution in [3.05, 3.63) is 31.3 Å². The zero-order chi connectivity index (χ0) is 7.82. The zero-order valence-electron chi connectivity index (χ0n) is 7.31. The van der Waals surface area contributed by atoms with Crippen LogP contribution >= 0.6 is 0 Å². The summed E-state index contributed by atoms with van der Waals surface area (Å²) in [4.78, 5) is 6.81. The van der Waals surface area contributed by atoms with E-state index in [0.717, 1.165) is 0 Å². The van der Waals surface area contributed by atoms with Gasteiger partial charge in [-0.05, 0) is 31.3 Å². The van der Waals surface area contributed by atoms with Crippen LogP contribution in [0, 0.1) is 0 Å². The first-order chi connectivity index (χ1) is 4.85. The number of nitrogens with zero attached hydrogens (tertiary/aromatic N) is 9. The molecule has 0 atom stereocenters. The molecule has 0 radical (unpaired) electrons. The van der Waals surface area contributed by atoms with Crippen molar-refractivity contribution < 1.29 is 2.85 Å². The standard InChI is InChI=1S/BN9.Mg.2H/c2-8-5-1(6-9-3)7-10-4;;;/q;+2;2*-1. The maximum Gasteiger partial charge on any atom is 2.00 e. The Morgan fingerprint density at radius 2 is 1.18 bits per heavy atom. The van der Waals surface area contributed by atoms with E-state index in [1.54, 1.807) is 0 Å². The summed E-state index contributed by atoms with van der Waals surface area (Å²) in [5.41, 5.74) is 23.3. The summed E-state index contributed by atoms with van der Waals surface area (Å²) < 4.78 is 0. The van der Waals surface area contributed by atoms with E-state index in [0.29, 0.717) is 0 Å². The Labute approximate surface area is 79.9 Å². The molecule has 0 aliphatic rings. The maximum absolute atomic E-state index is 7.78. The Balaban J connectivity index is -0.000000135. The van der Waals surface area contributed by atoms with Gasteiger partial charge in [-0.15, -0.1) is 15.1 Å². The first kappa shape index (κ1) is 12.4. The molecule has 0 aromatic rings. The fourth-order valence-corrected chi connectivity index (χ4v) is 0.208. The minimum absolute atomic E-state index is 0. The maximum atomic E-state index is 7.78. The molecular formula is H2BMgN9. The Morgan fingerprint density at radius 1 is 0.909 bits per heavy atom. The van der Waals surface area contributed by atoms with Gasteiger partial charge in [0.15, 0.2) is 0 Å². The van der Waals surface area contributed by atoms with E-state index >= 15 is 0 Å². The first-order valence-corrected chi connectivity index (χ1v) is 1.97. The smallest absolute Gasteiger partial charge is 1.00 e. The largest absolute Gasteiger partial charge is 2.00 e. The van der Waals surface area contributed by atoms with Gasteiger partial charge in [-0.1, -0.05) is 0 Å². The van der Waals surface area contributed by atoms with E-state index < -0.39 is 7.12 Å². The Kier molecular flexibility index (Phi) is 9.91. The summed E-state index contributed by atoms with van der Waals surface area (Å²) in [6.07, 6.45) is 0. The van der Waals surface area contributed by atoms with Crippen molar-refractivity contribution in [2.45, 2.75) is 0 Å². The molecule has 0 fully saturated rings. The number of hydrogen-bond donors (Lipinski definition) is 0. The molecule has 9 nitrogen and oxygen atoms in total. The SMILES string of the molecule is [H-].[H-].[Mg+2].[N-]=[N+]=NB(N=[N+]=[N-])N=[N+]=[N-]. The van der Waals surface area contributed by atoms with Crippen molar-refractivity contribution in [1.29, 1.82) is 0 Å². The molecule has 11 heavy (non-hydrogen) atoms. The van der Waals surface area contributed by atoms with Crippen LogP contribution in [0.3, 0.4) is 0 Å². The van der Waals surface area contributed by atoms with Crippen LogP contribution in [0.25, 0.3) is 31.3 Å². The topological polar surface area (TPSA) is 146 Å². The van der Waals surface area contributed by atoms with Crippen LogP contribution in [0.15, 0.2) is 15.1 Å². The average molecular weight is 163 g/mol. The summed E-state index contributed by atoms with van der Waals surface area (Å²) in [5, 5.41) is 8.53. The molecule has 0 rings (SSSR count). The molecule has 0 N–H and O–H groups in total. The molecule has 0 spiro atoms. The summed E-state index contributed by atoms with van der Waals surface area (Å²) in [6.45, 7) is 0. The molecule has 0 heterocycles. The van der Waals surface area contributed by atoms with E-state index in [9.17, 15) is 0 Å². The number of rotatable bonds is 3. The normalized spacial score (nSPS) is 5.45. The van der Waals surface area contributed by atoms with Crippen LogP contribution in [0.4, 0.5) is 0 Å². The van der Waals surface area contributed by atoms with Crippen molar-refractivity contribution >= 4 is 30.2 Å². The second kappa shape index (κ2) is 8.76. The number of hydrogen-bond acceptors (Lipinski definition) is 3. The Hall–Kier alpha value is -1.24. The molecule has 0 saturated heterocycles. The molecule has 52 valence electrons. The molecule has 11 heteroatoms. The summed E-state index contributed by atoms with van der Waals surface area (Å²) >= 11 is 0. The van der Waals surface area contributed by atoms with E-state index in [1.165, 1.54) is 0 Å². The molecule has 0 aromatic carbocycles. The predicted octanol–water partition coefficient (Wildman–Crippen LogP) is 1.75. The second-order valence-corrected chi connectivity index (χ2v) is 0.961. The third-order valence-electron chi connectivity index (χ3n) is 0.465. The van der Waals surface area contributed by atoms with Gasteiger partial charge in [-0.25, -0.2) is 0 Å². The Bertz CT molecular complexity index is 202. The van der Waals surface area contributed by atoms with Gasteiger partial charge in [-0.2, -0.15) is 0 Å². The molecule has 0 aliphatic carbocycles. The van der Waals surface area contributed by atoms with Crippen LogP contribution < -0.4 is 0 Å². The molecule has 0 unspecified atom stereocenters. The minimum Gasteiger partial charge on any atom is -1.00 e. The van der Waals surface area contributed by atoms with Gasteiger partial charge in [0.05, 0.1) is 0 Å². The monoisotopic (exact) mass is 163 g/mol. The minimum atomic E-state index is -1.35. The fourth-order valence-electron chi connectivity index (χ4n) is 0.208.